The molecule has 1 heterocycles. The van der Waals surface area contributed by atoms with Crippen molar-refractivity contribution in [3.8, 4) is 11.5 Å². The van der Waals surface area contributed by atoms with Gasteiger partial charge in [-0.25, -0.2) is 4.79 Å². The van der Waals surface area contributed by atoms with Gasteiger partial charge in [0.05, 0.1) is 13.2 Å². The number of methoxy groups -OCH3 is 1. The van der Waals surface area contributed by atoms with Crippen LogP contribution in [0.3, 0.4) is 0 Å². The molecule has 7 heteroatoms. The van der Waals surface area contributed by atoms with E-state index in [0.29, 0.717) is 26.0 Å². The Morgan fingerprint density at radius 3 is 3.00 bits per heavy atom. The number of carboxylic acid groups (broad SMARTS) is 1. The van der Waals surface area contributed by atoms with Gasteiger partial charge in [-0.1, -0.05) is 6.07 Å². The lowest BCUT2D eigenvalue weighted by Crippen LogP contribution is -2.47. The molecule has 1 aromatic rings. The highest BCUT2D eigenvalue weighted by Crippen LogP contribution is 2.28. The summed E-state index contributed by atoms with van der Waals surface area (Å²) in [6.45, 7) is 0.724. The van der Waals surface area contributed by atoms with Gasteiger partial charge in [0.1, 0.15) is 18.1 Å². The number of urea groups is 1. The quantitative estimate of drug-likeness (QED) is 0.685. The first-order valence-corrected chi connectivity index (χ1v) is 7.14. The molecule has 1 aliphatic heterocycles. The van der Waals surface area contributed by atoms with Crippen LogP contribution in [0.25, 0.3) is 0 Å². The molecule has 7 nitrogen and oxygen atoms in total. The van der Waals surface area contributed by atoms with Gasteiger partial charge in [-0.3, -0.25) is 4.79 Å². The smallest absolute Gasteiger partial charge is 0.315 e. The molecule has 0 aliphatic carbocycles. The van der Waals surface area contributed by atoms with Crippen molar-refractivity contribution in [1.82, 2.24) is 10.6 Å². The topological polar surface area (TPSA) is 96.9 Å². The molecule has 120 valence electrons. The maximum Gasteiger partial charge on any atom is 0.315 e. The zero-order valence-corrected chi connectivity index (χ0v) is 12.4. The van der Waals surface area contributed by atoms with Gasteiger partial charge in [0, 0.05) is 19.0 Å². The summed E-state index contributed by atoms with van der Waals surface area (Å²) < 4.78 is 10.8. The first-order chi connectivity index (χ1) is 10.6. The molecule has 1 aromatic carbocycles. The van der Waals surface area contributed by atoms with E-state index in [0.717, 1.165) is 17.1 Å². The number of hydrogen-bond donors (Lipinski definition) is 3. The highest BCUT2D eigenvalue weighted by atomic mass is 16.5. The molecular formula is C15H20N2O5. The summed E-state index contributed by atoms with van der Waals surface area (Å²) in [4.78, 5) is 22.1. The van der Waals surface area contributed by atoms with Crippen LogP contribution in [0.4, 0.5) is 4.79 Å². The SMILES string of the molecule is COc1ccc2c(c1)OCC(NC(=O)NCCCC(=O)O)C2. The zero-order valence-electron chi connectivity index (χ0n) is 12.4. The molecule has 0 aromatic heterocycles. The number of ether oxygens (including phenoxy) is 2. The third-order valence-corrected chi connectivity index (χ3v) is 3.37. The van der Waals surface area contributed by atoms with Crippen molar-refractivity contribution in [1.29, 1.82) is 0 Å². The number of hydrogen-bond acceptors (Lipinski definition) is 4. The average Bonchev–Trinajstić information content (AvgIpc) is 2.51. The number of fused-ring (bicyclic) bond motifs is 1. The van der Waals surface area contributed by atoms with Crippen LogP contribution in [0.1, 0.15) is 18.4 Å². The monoisotopic (exact) mass is 308 g/mol. The predicted molar refractivity (Wildman–Crippen MR) is 79.4 cm³/mol. The molecule has 0 fully saturated rings. The Labute approximate surface area is 128 Å². The molecule has 1 unspecified atom stereocenters. The Balaban J connectivity index is 1.77. The van der Waals surface area contributed by atoms with Gasteiger partial charge in [0.25, 0.3) is 0 Å². The van der Waals surface area contributed by atoms with Crippen LogP contribution in [0, 0.1) is 0 Å². The van der Waals surface area contributed by atoms with E-state index in [1.165, 1.54) is 0 Å². The number of rotatable bonds is 6. The second-order valence-electron chi connectivity index (χ2n) is 5.08. The number of nitrogens with one attached hydrogen (secondary N) is 2. The fraction of sp³-hybridized carbons (Fsp3) is 0.467. The minimum atomic E-state index is -0.866. The summed E-state index contributed by atoms with van der Waals surface area (Å²) in [5.74, 6) is 0.649. The van der Waals surface area contributed by atoms with Gasteiger partial charge in [0.2, 0.25) is 0 Å². The summed E-state index contributed by atoms with van der Waals surface area (Å²) in [6, 6.07) is 5.19. The van der Waals surface area contributed by atoms with Crippen molar-refractivity contribution >= 4 is 12.0 Å². The van der Waals surface area contributed by atoms with E-state index < -0.39 is 5.97 Å². The normalized spacial score (nSPS) is 16.1. The van der Waals surface area contributed by atoms with Gasteiger partial charge < -0.3 is 25.2 Å². The lowest BCUT2D eigenvalue weighted by Gasteiger charge is -2.26. The van der Waals surface area contributed by atoms with Gasteiger partial charge in [-0.05, 0) is 24.5 Å². The summed E-state index contributed by atoms with van der Waals surface area (Å²) >= 11 is 0. The number of carboxylic acids is 1. The lowest BCUT2D eigenvalue weighted by molar-refractivity contribution is -0.137. The molecule has 2 rings (SSSR count). The zero-order chi connectivity index (χ0) is 15.9. The molecule has 22 heavy (non-hydrogen) atoms. The first-order valence-electron chi connectivity index (χ1n) is 7.14. The summed E-state index contributed by atoms with van der Waals surface area (Å²) in [5, 5.41) is 14.0. The summed E-state index contributed by atoms with van der Waals surface area (Å²) in [6.07, 6.45) is 1.14. The van der Waals surface area contributed by atoms with Crippen molar-refractivity contribution in [3.63, 3.8) is 0 Å². The molecular weight excluding hydrogens is 288 g/mol. The molecule has 2 amide bonds. The van der Waals surface area contributed by atoms with Crippen LogP contribution < -0.4 is 20.1 Å². The second kappa shape index (κ2) is 7.53. The number of carbonyl (C=O) groups is 2. The molecule has 0 bridgehead atoms. The average molecular weight is 308 g/mol. The third kappa shape index (κ3) is 4.54. The van der Waals surface area contributed by atoms with Crippen molar-refractivity contribution in [2.45, 2.75) is 25.3 Å². The maximum absolute atomic E-state index is 11.7. The van der Waals surface area contributed by atoms with Crippen LogP contribution in [-0.4, -0.2) is 43.4 Å². The minimum absolute atomic E-state index is 0.0437. The van der Waals surface area contributed by atoms with E-state index in [9.17, 15) is 9.59 Å². The van der Waals surface area contributed by atoms with Crippen LogP contribution >= 0.6 is 0 Å². The summed E-state index contributed by atoms with van der Waals surface area (Å²) in [7, 11) is 1.60. The van der Waals surface area contributed by atoms with E-state index in [2.05, 4.69) is 10.6 Å². The fourth-order valence-electron chi connectivity index (χ4n) is 2.25. The van der Waals surface area contributed by atoms with Crippen molar-refractivity contribution in [3.05, 3.63) is 23.8 Å². The van der Waals surface area contributed by atoms with Gasteiger partial charge in [-0.2, -0.15) is 0 Å². The Morgan fingerprint density at radius 1 is 1.45 bits per heavy atom. The molecule has 0 spiro atoms. The molecule has 0 radical (unpaired) electrons. The van der Waals surface area contributed by atoms with E-state index in [4.69, 9.17) is 14.6 Å². The van der Waals surface area contributed by atoms with Crippen LogP contribution in [-0.2, 0) is 11.2 Å². The molecule has 0 saturated heterocycles. The van der Waals surface area contributed by atoms with Crippen LogP contribution in [0.2, 0.25) is 0 Å². The number of aliphatic carboxylic acids is 1. The van der Waals surface area contributed by atoms with Gasteiger partial charge in [0.15, 0.2) is 0 Å². The van der Waals surface area contributed by atoms with Gasteiger partial charge >= 0.3 is 12.0 Å². The van der Waals surface area contributed by atoms with Gasteiger partial charge in [-0.15, -0.1) is 0 Å². The van der Waals surface area contributed by atoms with Crippen molar-refractivity contribution < 1.29 is 24.2 Å². The third-order valence-electron chi connectivity index (χ3n) is 3.37. The largest absolute Gasteiger partial charge is 0.497 e. The predicted octanol–water partition coefficient (Wildman–Crippen LogP) is 1.16. The molecule has 3 N–H and O–H groups in total. The Morgan fingerprint density at radius 2 is 2.27 bits per heavy atom. The summed E-state index contributed by atoms with van der Waals surface area (Å²) in [5.41, 5.74) is 1.02. The highest BCUT2D eigenvalue weighted by Gasteiger charge is 2.21. The Kier molecular flexibility index (Phi) is 5.46. The number of amides is 2. The first kappa shape index (κ1) is 15.9. The van der Waals surface area contributed by atoms with Crippen molar-refractivity contribution in [2.24, 2.45) is 0 Å². The molecule has 1 aliphatic rings. The second-order valence-corrected chi connectivity index (χ2v) is 5.08. The van der Waals surface area contributed by atoms with E-state index in [-0.39, 0.29) is 18.5 Å². The maximum atomic E-state index is 11.7. The fourth-order valence-corrected chi connectivity index (χ4v) is 2.25. The number of benzene rings is 1. The van der Waals surface area contributed by atoms with Crippen LogP contribution in [0.15, 0.2) is 18.2 Å². The minimum Gasteiger partial charge on any atom is -0.497 e. The Hall–Kier alpha value is -2.44. The molecule has 1 atom stereocenters. The standard InChI is InChI=1S/C15H20N2O5/c1-21-12-5-4-10-7-11(9-22-13(10)8-12)17-15(20)16-6-2-3-14(18)19/h4-5,8,11H,2-3,6-7,9H2,1H3,(H,18,19)(H2,16,17,20). The van der Waals surface area contributed by atoms with E-state index >= 15 is 0 Å². The lowest BCUT2D eigenvalue weighted by atomic mass is 10.0. The van der Waals surface area contributed by atoms with Crippen molar-refractivity contribution in [2.75, 3.05) is 20.3 Å². The number of carbonyl (C=O) groups excluding carboxylic acids is 1. The Bertz CT molecular complexity index is 547. The molecule has 0 saturated carbocycles. The van der Waals surface area contributed by atoms with E-state index in [1.54, 1.807) is 7.11 Å². The van der Waals surface area contributed by atoms with Crippen LogP contribution in [0.5, 0.6) is 11.5 Å². The van der Waals surface area contributed by atoms with E-state index in [1.807, 2.05) is 18.2 Å². The highest BCUT2D eigenvalue weighted by molar-refractivity contribution is 5.74.